The molecule has 0 aromatic carbocycles. The average molecular weight is 429 g/mol. The number of allylic oxidation sites excluding steroid dienone is 1. The van der Waals surface area contributed by atoms with Crippen LogP contribution in [-0.4, -0.2) is 17.0 Å². The Balaban J connectivity index is 1.53. The van der Waals surface area contributed by atoms with E-state index in [1.807, 2.05) is 6.08 Å². The van der Waals surface area contributed by atoms with Crippen LogP contribution in [0.25, 0.3) is 0 Å². The maximum absolute atomic E-state index is 12.1. The molecule has 1 N–H and O–H groups in total. The van der Waals surface area contributed by atoms with Crippen molar-refractivity contribution >= 4 is 5.78 Å². The maximum atomic E-state index is 12.1. The molecule has 9 atom stereocenters. The molecule has 6 unspecified atom stereocenters. The van der Waals surface area contributed by atoms with Crippen LogP contribution in [-0.2, 0) is 4.79 Å². The van der Waals surface area contributed by atoms with Gasteiger partial charge in [0.05, 0.1) is 6.10 Å². The molecular weight excluding hydrogens is 380 g/mol. The van der Waals surface area contributed by atoms with Crippen LogP contribution in [0.5, 0.6) is 0 Å². The summed E-state index contributed by atoms with van der Waals surface area (Å²) in [6.07, 6.45) is 13.4. The Labute approximate surface area is 191 Å². The minimum atomic E-state index is -0.186. The summed E-state index contributed by atoms with van der Waals surface area (Å²) >= 11 is 0. The molecule has 176 valence electrons. The maximum Gasteiger partial charge on any atom is 0.155 e. The van der Waals surface area contributed by atoms with E-state index >= 15 is 0 Å². The quantitative estimate of drug-likeness (QED) is 0.485. The molecule has 4 rings (SSSR count). The normalized spacial score (nSPS) is 44.3. The van der Waals surface area contributed by atoms with Gasteiger partial charge in [-0.05, 0) is 103 Å². The summed E-state index contributed by atoms with van der Waals surface area (Å²) in [4.78, 5) is 12.1. The van der Waals surface area contributed by atoms with E-state index in [-0.39, 0.29) is 16.9 Å². The number of fused-ring (bicyclic) bond motifs is 5. The molecular formula is C29H48O2. The van der Waals surface area contributed by atoms with Crippen LogP contribution in [0.2, 0.25) is 0 Å². The highest BCUT2D eigenvalue weighted by atomic mass is 16.3. The molecule has 3 saturated carbocycles. The van der Waals surface area contributed by atoms with Crippen LogP contribution in [0.1, 0.15) is 106 Å². The van der Waals surface area contributed by atoms with Crippen LogP contribution in [0, 0.1) is 52.3 Å². The van der Waals surface area contributed by atoms with E-state index in [0.29, 0.717) is 35.9 Å². The average Bonchev–Trinajstić information content (AvgIpc) is 3.08. The van der Waals surface area contributed by atoms with Gasteiger partial charge in [0, 0.05) is 6.42 Å². The van der Waals surface area contributed by atoms with Crippen molar-refractivity contribution < 1.29 is 9.90 Å². The molecule has 0 bridgehead atoms. The molecule has 4 aliphatic carbocycles. The third-order valence-electron chi connectivity index (χ3n) is 11.3. The van der Waals surface area contributed by atoms with Crippen molar-refractivity contribution in [3.63, 3.8) is 0 Å². The second kappa shape index (κ2) is 8.62. The lowest BCUT2D eigenvalue weighted by Gasteiger charge is -2.60. The minimum absolute atomic E-state index is 0.0855. The summed E-state index contributed by atoms with van der Waals surface area (Å²) in [6.45, 7) is 14.5. The van der Waals surface area contributed by atoms with E-state index < -0.39 is 0 Å². The topological polar surface area (TPSA) is 37.3 Å². The summed E-state index contributed by atoms with van der Waals surface area (Å²) in [5.41, 5.74) is 1.64. The van der Waals surface area contributed by atoms with E-state index in [4.69, 9.17) is 0 Å². The Kier molecular flexibility index (Phi) is 6.54. The number of carbonyl (C=O) groups excluding carboxylic acids is 1. The Morgan fingerprint density at radius 2 is 1.81 bits per heavy atom. The summed E-state index contributed by atoms with van der Waals surface area (Å²) in [7, 11) is 0. The van der Waals surface area contributed by atoms with E-state index in [0.717, 1.165) is 37.0 Å². The molecule has 0 aromatic rings. The van der Waals surface area contributed by atoms with Gasteiger partial charge in [-0.15, -0.1) is 0 Å². The Bertz CT molecular complexity index is 708. The van der Waals surface area contributed by atoms with Crippen LogP contribution in [0.3, 0.4) is 0 Å². The van der Waals surface area contributed by atoms with Gasteiger partial charge in [0.15, 0.2) is 5.78 Å². The van der Waals surface area contributed by atoms with Crippen LogP contribution in [0.15, 0.2) is 11.6 Å². The summed E-state index contributed by atoms with van der Waals surface area (Å²) in [6, 6.07) is 0. The molecule has 3 fully saturated rings. The standard InChI is InChI=1S/C29H48O2/c1-7-20(18(2)3)9-8-19(4)24-12-13-25-23-11-10-21-16-22(30)14-15-28(21,5)26(23)17-27(31)29(24,25)6/h16,18-20,23-27,31H,7-15,17H2,1-6H3/t19?,20?,23?,24?,25?,26?,27-,28-,29+/m0/s1. The number of hydrogen-bond acceptors (Lipinski definition) is 2. The second-order valence-corrected chi connectivity index (χ2v) is 12.7. The fourth-order valence-corrected chi connectivity index (χ4v) is 9.17. The highest BCUT2D eigenvalue weighted by molar-refractivity contribution is 5.91. The van der Waals surface area contributed by atoms with Crippen molar-refractivity contribution in [2.45, 2.75) is 112 Å². The van der Waals surface area contributed by atoms with Crippen molar-refractivity contribution in [2.24, 2.45) is 52.3 Å². The molecule has 0 aromatic heterocycles. The molecule has 0 aliphatic heterocycles. The van der Waals surface area contributed by atoms with Gasteiger partial charge in [0.25, 0.3) is 0 Å². The predicted octanol–water partition coefficient (Wildman–Crippen LogP) is 7.20. The molecule has 4 aliphatic rings. The molecule has 2 nitrogen and oxygen atoms in total. The smallest absolute Gasteiger partial charge is 0.155 e. The molecule has 0 spiro atoms. The van der Waals surface area contributed by atoms with E-state index in [2.05, 4.69) is 41.5 Å². The number of rotatable bonds is 6. The van der Waals surface area contributed by atoms with Crippen LogP contribution < -0.4 is 0 Å². The summed E-state index contributed by atoms with van der Waals surface area (Å²) in [5, 5.41) is 11.7. The molecule has 0 radical (unpaired) electrons. The minimum Gasteiger partial charge on any atom is -0.393 e. The van der Waals surface area contributed by atoms with E-state index in [1.54, 1.807) is 0 Å². The molecule has 31 heavy (non-hydrogen) atoms. The van der Waals surface area contributed by atoms with Crippen molar-refractivity contribution in [2.75, 3.05) is 0 Å². The number of aliphatic hydroxyl groups excluding tert-OH is 1. The van der Waals surface area contributed by atoms with Crippen molar-refractivity contribution in [1.29, 1.82) is 0 Å². The Hall–Kier alpha value is -0.630. The van der Waals surface area contributed by atoms with Gasteiger partial charge in [-0.3, -0.25) is 4.79 Å². The van der Waals surface area contributed by atoms with Gasteiger partial charge < -0.3 is 5.11 Å². The third kappa shape index (κ3) is 3.77. The first kappa shape index (κ1) is 23.5. The second-order valence-electron chi connectivity index (χ2n) is 12.7. The van der Waals surface area contributed by atoms with E-state index in [9.17, 15) is 9.90 Å². The van der Waals surface area contributed by atoms with Gasteiger partial charge in [0.2, 0.25) is 0 Å². The highest BCUT2D eigenvalue weighted by Crippen LogP contribution is 2.67. The van der Waals surface area contributed by atoms with Crippen LogP contribution in [0.4, 0.5) is 0 Å². The predicted molar refractivity (Wildman–Crippen MR) is 129 cm³/mol. The van der Waals surface area contributed by atoms with Crippen molar-refractivity contribution in [3.05, 3.63) is 11.6 Å². The molecule has 0 heterocycles. The van der Waals surface area contributed by atoms with Gasteiger partial charge in [-0.25, -0.2) is 0 Å². The first-order chi connectivity index (χ1) is 14.6. The first-order valence-electron chi connectivity index (χ1n) is 13.5. The fourth-order valence-electron chi connectivity index (χ4n) is 9.17. The van der Waals surface area contributed by atoms with Gasteiger partial charge in [-0.2, -0.15) is 0 Å². The zero-order valence-corrected chi connectivity index (χ0v) is 21.1. The fraction of sp³-hybridized carbons (Fsp3) is 0.897. The lowest BCUT2D eigenvalue weighted by Crippen LogP contribution is -2.56. The van der Waals surface area contributed by atoms with Gasteiger partial charge >= 0.3 is 0 Å². The van der Waals surface area contributed by atoms with E-state index in [1.165, 1.54) is 44.1 Å². The van der Waals surface area contributed by atoms with Gasteiger partial charge in [-0.1, -0.05) is 60.0 Å². The SMILES string of the molecule is CCC(CCC(C)C1CCC2C3CCC4=CC(=O)CC[C@]4(C)C3C[C@H](O)[C@]12C)C(C)C. The third-order valence-corrected chi connectivity index (χ3v) is 11.3. The van der Waals surface area contributed by atoms with Gasteiger partial charge in [0.1, 0.15) is 0 Å². The number of hydrogen-bond donors (Lipinski definition) is 1. The largest absolute Gasteiger partial charge is 0.393 e. The Morgan fingerprint density at radius 3 is 2.48 bits per heavy atom. The van der Waals surface area contributed by atoms with Crippen LogP contribution >= 0.6 is 0 Å². The molecule has 2 heteroatoms. The van der Waals surface area contributed by atoms with Crippen molar-refractivity contribution in [3.8, 4) is 0 Å². The lowest BCUT2D eigenvalue weighted by atomic mass is 9.45. The summed E-state index contributed by atoms with van der Waals surface area (Å²) in [5.74, 6) is 5.27. The number of aliphatic hydroxyl groups is 1. The Morgan fingerprint density at radius 1 is 1.06 bits per heavy atom. The molecule has 0 amide bonds. The lowest BCUT2D eigenvalue weighted by molar-refractivity contribution is -0.141. The number of carbonyl (C=O) groups is 1. The zero-order chi connectivity index (χ0) is 22.6. The summed E-state index contributed by atoms with van der Waals surface area (Å²) < 4.78 is 0. The zero-order valence-electron chi connectivity index (χ0n) is 21.1. The highest BCUT2D eigenvalue weighted by Gasteiger charge is 2.62. The monoisotopic (exact) mass is 428 g/mol. The molecule has 0 saturated heterocycles. The first-order valence-corrected chi connectivity index (χ1v) is 13.5. The number of ketones is 1. The van der Waals surface area contributed by atoms with Crippen molar-refractivity contribution in [1.82, 2.24) is 0 Å².